The van der Waals surface area contributed by atoms with Crippen LogP contribution >= 0.6 is 11.8 Å². The molecule has 2 aromatic rings. The highest BCUT2D eigenvalue weighted by atomic mass is 32.2. The molecule has 1 N–H and O–H groups in total. The molecule has 0 aliphatic carbocycles. The van der Waals surface area contributed by atoms with Gasteiger partial charge in [0.05, 0.1) is 17.5 Å². The molecule has 0 aliphatic rings. The molecule has 1 amide bonds. The van der Waals surface area contributed by atoms with Gasteiger partial charge in [-0.25, -0.2) is 9.97 Å². The Morgan fingerprint density at radius 1 is 1.30 bits per heavy atom. The largest absolute Gasteiger partial charge is 0.349 e. The molecule has 0 spiro atoms. The van der Waals surface area contributed by atoms with Crippen molar-refractivity contribution in [1.82, 2.24) is 15.3 Å². The summed E-state index contributed by atoms with van der Waals surface area (Å²) in [5.41, 5.74) is 2.13. The minimum absolute atomic E-state index is 0.0615. The van der Waals surface area contributed by atoms with Crippen molar-refractivity contribution >= 4 is 17.7 Å². The van der Waals surface area contributed by atoms with Crippen LogP contribution < -0.4 is 5.32 Å². The second-order valence-corrected chi connectivity index (χ2v) is 6.10. The van der Waals surface area contributed by atoms with E-state index < -0.39 is 0 Å². The molecule has 6 heteroatoms. The lowest BCUT2D eigenvalue weighted by Gasteiger charge is -2.14. The van der Waals surface area contributed by atoms with Crippen molar-refractivity contribution in [1.29, 1.82) is 5.26 Å². The molecule has 1 aromatic heterocycles. The predicted molar refractivity (Wildman–Crippen MR) is 89.9 cm³/mol. The Hall–Kier alpha value is -2.39. The lowest BCUT2D eigenvalue weighted by atomic mass is 10.1. The summed E-state index contributed by atoms with van der Waals surface area (Å²) in [6, 6.07) is 11.8. The van der Waals surface area contributed by atoms with Crippen molar-refractivity contribution in [2.45, 2.75) is 31.8 Å². The van der Waals surface area contributed by atoms with Crippen LogP contribution in [-0.2, 0) is 4.79 Å². The first-order chi connectivity index (χ1) is 11.0. The van der Waals surface area contributed by atoms with Gasteiger partial charge in [-0.15, -0.1) is 0 Å². The molecule has 118 valence electrons. The summed E-state index contributed by atoms with van der Waals surface area (Å²) in [7, 11) is 0. The zero-order valence-corrected chi connectivity index (χ0v) is 14.1. The molecule has 1 aromatic carbocycles. The number of amides is 1. The summed E-state index contributed by atoms with van der Waals surface area (Å²) in [6.07, 6.45) is 0. The number of rotatable bonds is 5. The number of aryl methyl sites for hydroxylation is 2. The van der Waals surface area contributed by atoms with Crippen LogP contribution in [0.2, 0.25) is 0 Å². The van der Waals surface area contributed by atoms with Crippen LogP contribution in [0.1, 0.15) is 35.6 Å². The number of hydrogen-bond acceptors (Lipinski definition) is 5. The van der Waals surface area contributed by atoms with E-state index in [0.717, 1.165) is 5.56 Å². The normalized spacial score (nSPS) is 11.6. The van der Waals surface area contributed by atoms with Crippen molar-refractivity contribution in [3.63, 3.8) is 0 Å². The Morgan fingerprint density at radius 3 is 2.65 bits per heavy atom. The van der Waals surface area contributed by atoms with Crippen molar-refractivity contribution < 1.29 is 4.79 Å². The average Bonchev–Trinajstić information content (AvgIpc) is 2.53. The molecule has 2 rings (SSSR count). The molecule has 1 atom stereocenters. The zero-order chi connectivity index (χ0) is 16.8. The molecule has 0 radical (unpaired) electrons. The summed E-state index contributed by atoms with van der Waals surface area (Å²) in [6.45, 7) is 5.49. The summed E-state index contributed by atoms with van der Waals surface area (Å²) < 4.78 is 0. The number of nitrogens with one attached hydrogen (secondary N) is 1. The van der Waals surface area contributed by atoms with Gasteiger partial charge in [-0.1, -0.05) is 42.1 Å². The number of aromatic nitrogens is 2. The molecule has 0 aliphatic heterocycles. The van der Waals surface area contributed by atoms with Crippen LogP contribution in [0.4, 0.5) is 0 Å². The van der Waals surface area contributed by atoms with Gasteiger partial charge in [0.1, 0.15) is 22.5 Å². The van der Waals surface area contributed by atoms with Gasteiger partial charge in [-0.3, -0.25) is 4.79 Å². The quantitative estimate of drug-likeness (QED) is 0.675. The fourth-order valence-electron chi connectivity index (χ4n) is 2.16. The summed E-state index contributed by atoms with van der Waals surface area (Å²) >= 11 is 1.26. The maximum absolute atomic E-state index is 12.1. The summed E-state index contributed by atoms with van der Waals surface area (Å²) in [5.74, 6) is 0.716. The van der Waals surface area contributed by atoms with Crippen molar-refractivity contribution in [3.8, 4) is 6.07 Å². The van der Waals surface area contributed by atoms with Crippen LogP contribution in [0.25, 0.3) is 0 Å². The predicted octanol–water partition coefficient (Wildman–Crippen LogP) is 2.93. The van der Waals surface area contributed by atoms with Gasteiger partial charge in [0.2, 0.25) is 5.91 Å². The third-order valence-corrected chi connectivity index (χ3v) is 4.27. The Labute approximate surface area is 140 Å². The van der Waals surface area contributed by atoms with E-state index in [2.05, 4.69) is 21.4 Å². The monoisotopic (exact) mass is 326 g/mol. The number of benzene rings is 1. The van der Waals surface area contributed by atoms with E-state index in [1.165, 1.54) is 11.8 Å². The van der Waals surface area contributed by atoms with E-state index in [1.54, 1.807) is 13.8 Å². The molecular weight excluding hydrogens is 308 g/mol. The Balaban J connectivity index is 1.99. The number of carbonyl (C=O) groups is 1. The lowest BCUT2D eigenvalue weighted by molar-refractivity contribution is -0.119. The number of nitrogens with zero attached hydrogens (tertiary/aromatic N) is 3. The number of nitriles is 1. The van der Waals surface area contributed by atoms with E-state index in [0.29, 0.717) is 22.1 Å². The van der Waals surface area contributed by atoms with Gasteiger partial charge < -0.3 is 5.32 Å². The van der Waals surface area contributed by atoms with E-state index in [1.807, 2.05) is 37.3 Å². The van der Waals surface area contributed by atoms with Gasteiger partial charge in [-0.05, 0) is 26.3 Å². The summed E-state index contributed by atoms with van der Waals surface area (Å²) in [4.78, 5) is 20.5. The molecule has 0 fully saturated rings. The SMILES string of the molecule is Cc1nc(C)c(C#N)c(SCC(=O)NC(C)c2ccccc2)n1. The highest BCUT2D eigenvalue weighted by Crippen LogP contribution is 2.22. The molecule has 1 unspecified atom stereocenters. The molecule has 1 heterocycles. The van der Waals surface area contributed by atoms with Crippen LogP contribution in [0.15, 0.2) is 35.4 Å². The van der Waals surface area contributed by atoms with Gasteiger partial charge in [0.15, 0.2) is 0 Å². The second kappa shape index (κ2) is 7.75. The standard InChI is InChI=1S/C17H18N4OS/c1-11(14-7-5-4-6-8-14)20-16(22)10-23-17-15(9-18)12(2)19-13(3)21-17/h4-8,11H,10H2,1-3H3,(H,20,22). The lowest BCUT2D eigenvalue weighted by Crippen LogP contribution is -2.28. The number of hydrogen-bond donors (Lipinski definition) is 1. The van der Waals surface area contributed by atoms with Gasteiger partial charge >= 0.3 is 0 Å². The molecule has 0 saturated carbocycles. The van der Waals surface area contributed by atoms with E-state index in [4.69, 9.17) is 0 Å². The van der Waals surface area contributed by atoms with Crippen LogP contribution in [0.5, 0.6) is 0 Å². The molecular formula is C17H18N4OS. The average molecular weight is 326 g/mol. The van der Waals surface area contributed by atoms with Crippen LogP contribution in [0.3, 0.4) is 0 Å². The third kappa shape index (κ3) is 4.54. The Morgan fingerprint density at radius 2 is 2.00 bits per heavy atom. The van der Waals surface area contributed by atoms with Gasteiger partial charge in [0.25, 0.3) is 0 Å². The first-order valence-electron chi connectivity index (χ1n) is 7.23. The first kappa shape index (κ1) is 17.0. The Kier molecular flexibility index (Phi) is 5.72. The van der Waals surface area contributed by atoms with E-state index in [-0.39, 0.29) is 17.7 Å². The molecule has 5 nitrogen and oxygen atoms in total. The molecule has 0 bridgehead atoms. The minimum Gasteiger partial charge on any atom is -0.349 e. The topological polar surface area (TPSA) is 78.7 Å². The number of thioether (sulfide) groups is 1. The fourth-order valence-corrected chi connectivity index (χ4v) is 3.04. The second-order valence-electron chi connectivity index (χ2n) is 5.14. The summed E-state index contributed by atoms with van der Waals surface area (Å²) in [5, 5.41) is 12.7. The fraction of sp³-hybridized carbons (Fsp3) is 0.294. The maximum Gasteiger partial charge on any atom is 0.230 e. The Bertz CT molecular complexity index is 740. The van der Waals surface area contributed by atoms with Crippen molar-refractivity contribution in [2.75, 3.05) is 5.75 Å². The minimum atomic E-state index is -0.0934. The number of carbonyl (C=O) groups excluding carboxylic acids is 1. The van der Waals surface area contributed by atoms with Crippen molar-refractivity contribution in [3.05, 3.63) is 53.0 Å². The van der Waals surface area contributed by atoms with Crippen molar-refractivity contribution in [2.24, 2.45) is 0 Å². The highest BCUT2D eigenvalue weighted by Gasteiger charge is 2.14. The van der Waals surface area contributed by atoms with Gasteiger partial charge in [0, 0.05) is 0 Å². The molecule has 0 saturated heterocycles. The first-order valence-corrected chi connectivity index (χ1v) is 8.22. The van der Waals surface area contributed by atoms with Crippen LogP contribution in [0, 0.1) is 25.2 Å². The van der Waals surface area contributed by atoms with E-state index >= 15 is 0 Å². The van der Waals surface area contributed by atoms with Gasteiger partial charge in [-0.2, -0.15) is 5.26 Å². The molecule has 23 heavy (non-hydrogen) atoms. The highest BCUT2D eigenvalue weighted by molar-refractivity contribution is 8.00. The third-order valence-electron chi connectivity index (χ3n) is 3.30. The van der Waals surface area contributed by atoms with E-state index in [9.17, 15) is 10.1 Å². The maximum atomic E-state index is 12.1. The smallest absolute Gasteiger partial charge is 0.230 e. The zero-order valence-electron chi connectivity index (χ0n) is 13.3. The van der Waals surface area contributed by atoms with Crippen LogP contribution in [-0.4, -0.2) is 21.6 Å².